The van der Waals surface area contributed by atoms with Gasteiger partial charge in [-0.2, -0.15) is 0 Å². The number of carbonyl (C=O) groups excluding carboxylic acids is 1. The maximum absolute atomic E-state index is 12.2. The summed E-state index contributed by atoms with van der Waals surface area (Å²) in [5.74, 6) is -0.864. The summed E-state index contributed by atoms with van der Waals surface area (Å²) >= 11 is 5.75. The first-order valence-electron chi connectivity index (χ1n) is 6.58. The summed E-state index contributed by atoms with van der Waals surface area (Å²) in [6, 6.07) is 9.45. The fourth-order valence-electron chi connectivity index (χ4n) is 1.85. The van der Waals surface area contributed by atoms with Gasteiger partial charge in [0.15, 0.2) is 0 Å². The lowest BCUT2D eigenvalue weighted by molar-refractivity contribution is -0.763. The van der Waals surface area contributed by atoms with E-state index in [0.717, 1.165) is 6.07 Å². The lowest BCUT2D eigenvalue weighted by Gasteiger charge is -2.10. The Labute approximate surface area is 147 Å². The number of hydrogen-bond acceptors (Lipinski definition) is 7. The number of sulfonamides is 1. The van der Waals surface area contributed by atoms with Crippen LogP contribution in [0, 0.1) is 10.1 Å². The minimum absolute atomic E-state index is 0.0291. The maximum Gasteiger partial charge on any atom is 0.343 e. The topological polar surface area (TPSA) is 139 Å². The molecule has 0 amide bonds. The van der Waals surface area contributed by atoms with Gasteiger partial charge in [-0.3, -0.25) is 0 Å². The molecule has 132 valence electrons. The Kier molecular flexibility index (Phi) is 5.57. The number of esters is 1. The van der Waals surface area contributed by atoms with Crippen molar-refractivity contribution in [3.8, 4) is 5.75 Å². The third kappa shape index (κ3) is 4.89. The fourth-order valence-corrected chi connectivity index (χ4v) is 2.92. The highest BCUT2D eigenvalue weighted by atomic mass is 35.5. The van der Waals surface area contributed by atoms with Gasteiger partial charge in [-0.05, 0) is 24.3 Å². The molecule has 0 saturated carbocycles. The molecule has 2 aromatic rings. The van der Waals surface area contributed by atoms with Crippen LogP contribution in [0.3, 0.4) is 0 Å². The molecule has 2 rings (SSSR count). The van der Waals surface area contributed by atoms with E-state index < -0.39 is 32.6 Å². The summed E-state index contributed by atoms with van der Waals surface area (Å²) in [5.41, 5.74) is 0.145. The molecular weight excluding hydrogens is 376 g/mol. The molecule has 0 aromatic heterocycles. The Balaban J connectivity index is 2.28. The van der Waals surface area contributed by atoms with Crippen LogP contribution in [-0.4, -0.2) is 19.5 Å². The smallest absolute Gasteiger partial charge is 0.343 e. The van der Waals surface area contributed by atoms with E-state index >= 15 is 0 Å². The second kappa shape index (κ2) is 7.47. The normalized spacial score (nSPS) is 11.0. The molecule has 0 atom stereocenters. The zero-order valence-corrected chi connectivity index (χ0v) is 14.0. The van der Waals surface area contributed by atoms with E-state index in [1.165, 1.54) is 24.3 Å². The van der Waals surface area contributed by atoms with Gasteiger partial charge >= 0.3 is 5.97 Å². The van der Waals surface area contributed by atoms with Crippen molar-refractivity contribution < 1.29 is 27.9 Å². The second-order valence-electron chi connectivity index (χ2n) is 4.68. The molecule has 2 aromatic carbocycles. The first-order chi connectivity index (χ1) is 11.7. The average Bonchev–Trinajstić information content (AvgIpc) is 2.53. The van der Waals surface area contributed by atoms with E-state index in [0.29, 0.717) is 0 Å². The van der Waals surface area contributed by atoms with Crippen molar-refractivity contribution in [2.24, 2.45) is 5.14 Å². The van der Waals surface area contributed by atoms with E-state index in [-0.39, 0.29) is 21.9 Å². The average molecular weight is 387 g/mol. The molecule has 25 heavy (non-hydrogen) atoms. The quantitative estimate of drug-likeness (QED) is 0.346. The Bertz CT molecular complexity index is 931. The van der Waals surface area contributed by atoms with Crippen LogP contribution in [0.2, 0.25) is 5.02 Å². The first-order valence-corrected chi connectivity index (χ1v) is 8.50. The SMILES string of the molecule is NS(=O)(=O)c1cc(C(=O)Oc2ccccc2CO[N+](=O)[O-])ccc1Cl. The van der Waals surface area contributed by atoms with Gasteiger partial charge in [0.2, 0.25) is 10.0 Å². The molecule has 0 spiro atoms. The van der Waals surface area contributed by atoms with E-state index in [1.54, 1.807) is 12.1 Å². The van der Waals surface area contributed by atoms with Crippen LogP contribution in [-0.2, 0) is 21.5 Å². The van der Waals surface area contributed by atoms with Gasteiger partial charge in [-0.1, -0.05) is 29.8 Å². The zero-order valence-electron chi connectivity index (χ0n) is 12.4. The van der Waals surface area contributed by atoms with Gasteiger partial charge < -0.3 is 9.57 Å². The van der Waals surface area contributed by atoms with E-state index in [4.69, 9.17) is 21.5 Å². The van der Waals surface area contributed by atoms with Crippen LogP contribution in [0.1, 0.15) is 15.9 Å². The molecular formula is C14H11ClN2O7S. The highest BCUT2D eigenvalue weighted by molar-refractivity contribution is 7.89. The molecule has 0 heterocycles. The number of rotatable bonds is 6. The lowest BCUT2D eigenvalue weighted by atomic mass is 10.2. The van der Waals surface area contributed by atoms with Crippen molar-refractivity contribution in [2.75, 3.05) is 0 Å². The van der Waals surface area contributed by atoms with Gasteiger partial charge in [0.25, 0.3) is 5.09 Å². The van der Waals surface area contributed by atoms with Crippen molar-refractivity contribution in [1.29, 1.82) is 0 Å². The minimum Gasteiger partial charge on any atom is -0.423 e. The van der Waals surface area contributed by atoms with Crippen molar-refractivity contribution in [3.05, 3.63) is 68.7 Å². The first kappa shape index (κ1) is 18.6. The number of ether oxygens (including phenoxy) is 1. The molecule has 0 saturated heterocycles. The highest BCUT2D eigenvalue weighted by Gasteiger charge is 2.18. The largest absolute Gasteiger partial charge is 0.423 e. The fraction of sp³-hybridized carbons (Fsp3) is 0.0714. The molecule has 0 fully saturated rings. The van der Waals surface area contributed by atoms with Crippen LogP contribution >= 0.6 is 11.6 Å². The Morgan fingerprint density at radius 1 is 1.24 bits per heavy atom. The van der Waals surface area contributed by atoms with Crippen LogP contribution < -0.4 is 9.88 Å². The van der Waals surface area contributed by atoms with E-state index in [9.17, 15) is 23.3 Å². The number of hydrogen-bond donors (Lipinski definition) is 1. The summed E-state index contributed by atoms with van der Waals surface area (Å²) in [4.78, 5) is 26.3. The minimum atomic E-state index is -4.12. The third-order valence-corrected chi connectivity index (χ3v) is 4.37. The number of nitrogens with zero attached hydrogens (tertiary/aromatic N) is 1. The van der Waals surface area contributed by atoms with Gasteiger partial charge in [-0.15, -0.1) is 10.1 Å². The van der Waals surface area contributed by atoms with Crippen molar-refractivity contribution in [3.63, 3.8) is 0 Å². The van der Waals surface area contributed by atoms with Gasteiger partial charge in [0, 0.05) is 5.56 Å². The van der Waals surface area contributed by atoms with E-state index in [2.05, 4.69) is 4.84 Å². The van der Waals surface area contributed by atoms with Crippen molar-refractivity contribution >= 4 is 27.6 Å². The molecule has 11 heteroatoms. The van der Waals surface area contributed by atoms with Crippen LogP contribution in [0.15, 0.2) is 47.4 Å². The Hall–Kier alpha value is -2.69. The summed E-state index contributed by atoms with van der Waals surface area (Å²) in [6.45, 7) is -0.417. The molecule has 9 nitrogen and oxygen atoms in total. The third-order valence-electron chi connectivity index (χ3n) is 2.97. The molecule has 0 unspecified atom stereocenters. The lowest BCUT2D eigenvalue weighted by Crippen LogP contribution is -2.15. The summed E-state index contributed by atoms with van der Waals surface area (Å²) in [7, 11) is -4.12. The predicted octanol–water partition coefficient (Wildman–Crippen LogP) is 1.91. The molecule has 0 bridgehead atoms. The van der Waals surface area contributed by atoms with Crippen molar-refractivity contribution in [2.45, 2.75) is 11.5 Å². The zero-order chi connectivity index (χ0) is 18.6. The Morgan fingerprint density at radius 2 is 1.92 bits per heavy atom. The van der Waals surface area contributed by atoms with Crippen LogP contribution in [0.4, 0.5) is 0 Å². The van der Waals surface area contributed by atoms with Crippen molar-refractivity contribution in [1.82, 2.24) is 0 Å². The number of benzene rings is 2. The van der Waals surface area contributed by atoms with Gasteiger partial charge in [0.05, 0.1) is 10.6 Å². The Morgan fingerprint density at radius 3 is 2.56 bits per heavy atom. The molecule has 0 aliphatic rings. The second-order valence-corrected chi connectivity index (χ2v) is 6.62. The standard InChI is InChI=1S/C14H11ClN2O7S/c15-11-6-5-9(7-13(11)25(16,21)22)14(18)24-12-4-2-1-3-10(12)8-23-17(19)20/h1-7H,8H2,(H2,16,21,22). The van der Waals surface area contributed by atoms with Gasteiger partial charge in [-0.25, -0.2) is 18.4 Å². The monoisotopic (exact) mass is 386 g/mol. The van der Waals surface area contributed by atoms with Crippen LogP contribution in [0.5, 0.6) is 5.75 Å². The maximum atomic E-state index is 12.2. The molecule has 2 N–H and O–H groups in total. The number of primary sulfonamides is 1. The molecule has 0 aliphatic heterocycles. The number of carbonyl (C=O) groups is 1. The van der Waals surface area contributed by atoms with Gasteiger partial charge in [0.1, 0.15) is 17.3 Å². The van der Waals surface area contributed by atoms with E-state index in [1.807, 2.05) is 0 Å². The number of nitrogens with two attached hydrogens (primary N) is 1. The predicted molar refractivity (Wildman–Crippen MR) is 86.0 cm³/mol. The number of halogens is 1. The number of para-hydroxylation sites is 1. The molecule has 0 aliphatic carbocycles. The van der Waals surface area contributed by atoms with Crippen LogP contribution in [0.25, 0.3) is 0 Å². The summed E-state index contributed by atoms with van der Waals surface area (Å²) in [5, 5.41) is 14.2. The highest BCUT2D eigenvalue weighted by Crippen LogP contribution is 2.24. The molecule has 0 radical (unpaired) electrons. The summed E-state index contributed by atoms with van der Waals surface area (Å²) < 4.78 is 28.1. The summed E-state index contributed by atoms with van der Waals surface area (Å²) in [6.07, 6.45) is 0.